The van der Waals surface area contributed by atoms with E-state index in [2.05, 4.69) is 18.8 Å². The maximum atomic E-state index is 12.4. The third kappa shape index (κ3) is 5.35. The fourth-order valence-corrected chi connectivity index (χ4v) is 4.63. The molecular weight excluding hydrogens is 396 g/mol. The normalized spacial score (nSPS) is 14.8. The lowest BCUT2D eigenvalue weighted by Gasteiger charge is -2.35. The van der Waals surface area contributed by atoms with Gasteiger partial charge in [0, 0.05) is 56.0 Å². The molecule has 1 aliphatic rings. The number of thioether (sulfide) groups is 1. The summed E-state index contributed by atoms with van der Waals surface area (Å²) >= 11 is 2.89. The lowest BCUT2D eigenvalue weighted by atomic mass is 10.1. The fraction of sp³-hybridized carbons (Fsp3) is 0.579. The molecule has 0 N–H and O–H groups in total. The lowest BCUT2D eigenvalue weighted by molar-refractivity contribution is -0.138. The van der Waals surface area contributed by atoms with Crippen molar-refractivity contribution in [3.05, 3.63) is 33.7 Å². The van der Waals surface area contributed by atoms with Crippen LogP contribution in [-0.4, -0.2) is 62.9 Å². The predicted octanol–water partition coefficient (Wildman–Crippen LogP) is 2.10. The van der Waals surface area contributed by atoms with Crippen molar-refractivity contribution in [2.45, 2.75) is 32.4 Å². The van der Waals surface area contributed by atoms with E-state index in [4.69, 9.17) is 0 Å². The highest BCUT2D eigenvalue weighted by molar-refractivity contribution is 7.99. The number of hydrogen-bond donors (Lipinski definition) is 0. The first kappa shape index (κ1) is 20.9. The van der Waals surface area contributed by atoms with Gasteiger partial charge in [-0.2, -0.15) is 0 Å². The van der Waals surface area contributed by atoms with Gasteiger partial charge in [0.25, 0.3) is 5.56 Å². The Kier molecular flexibility index (Phi) is 7.12. The Morgan fingerprint density at radius 3 is 2.54 bits per heavy atom. The van der Waals surface area contributed by atoms with Gasteiger partial charge in [-0.25, -0.2) is 4.98 Å². The van der Waals surface area contributed by atoms with Gasteiger partial charge in [0.2, 0.25) is 11.8 Å². The first-order chi connectivity index (χ1) is 13.4. The van der Waals surface area contributed by atoms with Crippen molar-refractivity contribution in [1.82, 2.24) is 19.2 Å². The van der Waals surface area contributed by atoms with Crippen LogP contribution in [0.1, 0.15) is 32.4 Å². The van der Waals surface area contributed by atoms with E-state index in [1.807, 2.05) is 15.2 Å². The minimum Gasteiger partial charge on any atom is -0.339 e. The van der Waals surface area contributed by atoms with E-state index in [0.29, 0.717) is 60.7 Å². The van der Waals surface area contributed by atoms with Gasteiger partial charge >= 0.3 is 0 Å². The first-order valence-corrected chi connectivity index (χ1v) is 11.6. The zero-order valence-corrected chi connectivity index (χ0v) is 17.9. The molecule has 28 heavy (non-hydrogen) atoms. The molecule has 1 fully saturated rings. The van der Waals surface area contributed by atoms with Crippen LogP contribution in [-0.2, 0) is 15.3 Å². The van der Waals surface area contributed by atoms with Crippen LogP contribution in [0.4, 0.5) is 0 Å². The van der Waals surface area contributed by atoms with E-state index < -0.39 is 0 Å². The van der Waals surface area contributed by atoms with Crippen LogP contribution in [0.15, 0.2) is 22.4 Å². The van der Waals surface area contributed by atoms with Gasteiger partial charge in [0.1, 0.15) is 0 Å². The van der Waals surface area contributed by atoms with Gasteiger partial charge in [-0.15, -0.1) is 23.1 Å². The van der Waals surface area contributed by atoms with Crippen molar-refractivity contribution in [2.24, 2.45) is 5.92 Å². The number of fused-ring (bicyclic) bond motifs is 1. The molecular formula is C19H26N4O3S2. The summed E-state index contributed by atoms with van der Waals surface area (Å²) in [5.74, 6) is 1.68. The van der Waals surface area contributed by atoms with E-state index in [-0.39, 0.29) is 17.4 Å². The molecule has 2 amide bonds. The Hall–Kier alpha value is -1.87. The van der Waals surface area contributed by atoms with Crippen LogP contribution < -0.4 is 5.56 Å². The van der Waals surface area contributed by atoms with Crippen LogP contribution in [0.25, 0.3) is 4.96 Å². The van der Waals surface area contributed by atoms with Crippen molar-refractivity contribution in [3.63, 3.8) is 0 Å². The van der Waals surface area contributed by atoms with Gasteiger partial charge < -0.3 is 9.80 Å². The topological polar surface area (TPSA) is 75.0 Å². The van der Waals surface area contributed by atoms with E-state index in [9.17, 15) is 14.4 Å². The van der Waals surface area contributed by atoms with Gasteiger partial charge in [0.15, 0.2) is 4.96 Å². The Labute approximate surface area is 172 Å². The third-order valence-electron chi connectivity index (χ3n) is 4.75. The maximum absolute atomic E-state index is 12.4. The average Bonchev–Trinajstić information content (AvgIpc) is 3.15. The lowest BCUT2D eigenvalue weighted by Crippen LogP contribution is -2.51. The maximum Gasteiger partial charge on any atom is 0.258 e. The van der Waals surface area contributed by atoms with Gasteiger partial charge in [-0.05, 0) is 12.3 Å². The summed E-state index contributed by atoms with van der Waals surface area (Å²) in [7, 11) is 0. The number of amides is 2. The van der Waals surface area contributed by atoms with Crippen LogP contribution in [0, 0.1) is 5.92 Å². The minimum atomic E-state index is -0.0913. The monoisotopic (exact) mass is 422 g/mol. The predicted molar refractivity (Wildman–Crippen MR) is 113 cm³/mol. The molecule has 0 unspecified atom stereocenters. The van der Waals surface area contributed by atoms with Crippen molar-refractivity contribution in [1.29, 1.82) is 0 Å². The smallest absolute Gasteiger partial charge is 0.258 e. The molecule has 0 radical (unpaired) electrons. The summed E-state index contributed by atoms with van der Waals surface area (Å²) in [4.78, 5) is 45.4. The summed E-state index contributed by atoms with van der Waals surface area (Å²) in [5, 5.41) is 1.83. The number of rotatable bonds is 7. The Morgan fingerprint density at radius 2 is 1.86 bits per heavy atom. The number of aromatic nitrogens is 2. The van der Waals surface area contributed by atoms with E-state index in [1.54, 1.807) is 6.20 Å². The molecule has 0 atom stereocenters. The zero-order chi connectivity index (χ0) is 20.1. The molecule has 0 saturated carbocycles. The minimum absolute atomic E-state index is 0.0770. The molecule has 3 heterocycles. The molecule has 2 aromatic heterocycles. The van der Waals surface area contributed by atoms with Crippen LogP contribution >= 0.6 is 23.1 Å². The second kappa shape index (κ2) is 9.56. The molecule has 2 aromatic rings. The summed E-state index contributed by atoms with van der Waals surface area (Å²) in [6, 6.07) is 1.53. The SMILES string of the molecule is CC(C)CCC(=O)N1CCN(C(=O)CSCc2cc(=O)n3ccsc3n2)CC1. The van der Waals surface area contributed by atoms with Crippen LogP contribution in [0.2, 0.25) is 0 Å². The number of carbonyl (C=O) groups is 2. The average molecular weight is 423 g/mol. The molecule has 9 heteroatoms. The van der Waals surface area contributed by atoms with E-state index in [1.165, 1.54) is 33.6 Å². The Bertz CT molecular complexity index is 885. The van der Waals surface area contributed by atoms with Crippen molar-refractivity contribution < 1.29 is 9.59 Å². The first-order valence-electron chi connectivity index (χ1n) is 9.53. The van der Waals surface area contributed by atoms with Crippen molar-refractivity contribution >= 4 is 39.9 Å². The Balaban J connectivity index is 1.42. The largest absolute Gasteiger partial charge is 0.339 e. The second-order valence-electron chi connectivity index (χ2n) is 7.33. The summed E-state index contributed by atoms with van der Waals surface area (Å²) in [6.45, 7) is 6.64. The number of thiazole rings is 1. The molecule has 1 saturated heterocycles. The van der Waals surface area contributed by atoms with E-state index >= 15 is 0 Å². The molecule has 0 aliphatic carbocycles. The molecule has 1 aliphatic heterocycles. The summed E-state index contributed by atoms with van der Waals surface area (Å²) in [5.41, 5.74) is 0.609. The standard InChI is InChI=1S/C19H26N4O3S2/c1-14(2)3-4-16(24)21-5-7-22(8-6-21)18(26)13-27-12-15-11-17(25)23-9-10-28-19(23)20-15/h9-11,14H,3-8,12-13H2,1-2H3. The Morgan fingerprint density at radius 1 is 1.18 bits per heavy atom. The van der Waals surface area contributed by atoms with Crippen molar-refractivity contribution in [3.8, 4) is 0 Å². The quantitative estimate of drug-likeness (QED) is 0.683. The van der Waals surface area contributed by atoms with Gasteiger partial charge in [-0.1, -0.05) is 13.8 Å². The molecule has 3 rings (SSSR count). The van der Waals surface area contributed by atoms with Crippen LogP contribution in [0.3, 0.4) is 0 Å². The second-order valence-corrected chi connectivity index (χ2v) is 9.19. The highest BCUT2D eigenvalue weighted by Crippen LogP contribution is 2.14. The van der Waals surface area contributed by atoms with Gasteiger partial charge in [-0.3, -0.25) is 18.8 Å². The van der Waals surface area contributed by atoms with Crippen LogP contribution in [0.5, 0.6) is 0 Å². The third-order valence-corrected chi connectivity index (χ3v) is 6.46. The molecule has 0 aromatic carbocycles. The van der Waals surface area contributed by atoms with Crippen molar-refractivity contribution in [2.75, 3.05) is 31.9 Å². The number of nitrogens with zero attached hydrogens (tertiary/aromatic N) is 4. The summed E-state index contributed by atoms with van der Waals surface area (Å²) < 4.78 is 1.52. The number of hydrogen-bond acceptors (Lipinski definition) is 6. The molecule has 0 bridgehead atoms. The number of piperazine rings is 1. The highest BCUT2D eigenvalue weighted by Gasteiger charge is 2.23. The zero-order valence-electron chi connectivity index (χ0n) is 16.3. The van der Waals surface area contributed by atoms with E-state index in [0.717, 1.165) is 6.42 Å². The fourth-order valence-electron chi connectivity index (χ4n) is 3.07. The highest BCUT2D eigenvalue weighted by atomic mass is 32.2. The summed E-state index contributed by atoms with van der Waals surface area (Å²) in [6.07, 6.45) is 3.20. The number of carbonyl (C=O) groups excluding carboxylic acids is 2. The molecule has 152 valence electrons. The van der Waals surface area contributed by atoms with Gasteiger partial charge in [0.05, 0.1) is 11.4 Å². The molecule has 0 spiro atoms. The molecule has 7 nitrogen and oxygen atoms in total.